The quantitative estimate of drug-likeness (QED) is 0.678. The van der Waals surface area contributed by atoms with Crippen LogP contribution >= 0.6 is 0 Å². The highest BCUT2D eigenvalue weighted by Gasteiger charge is 2.34. The van der Waals surface area contributed by atoms with Gasteiger partial charge >= 0.3 is 0 Å². The van der Waals surface area contributed by atoms with Crippen molar-refractivity contribution in [3.63, 3.8) is 0 Å². The van der Waals surface area contributed by atoms with Gasteiger partial charge in [-0.2, -0.15) is 0 Å². The van der Waals surface area contributed by atoms with Crippen molar-refractivity contribution in [1.82, 2.24) is 4.98 Å². The lowest BCUT2D eigenvalue weighted by Gasteiger charge is -2.34. The zero-order chi connectivity index (χ0) is 11.3. The Morgan fingerprint density at radius 3 is 2.13 bits per heavy atom. The van der Waals surface area contributed by atoms with Crippen LogP contribution in [0.3, 0.4) is 0 Å². The molecule has 1 atom stereocenters. The standard InChI is InChI=1S/C13H23NSi/c1-5-15(6-2,7-3)12(4)13-10-8-9-11-14-13/h8-12H,5-7H2,1-4H3. The second kappa shape index (κ2) is 5.45. The fourth-order valence-electron chi connectivity index (χ4n) is 2.61. The van der Waals surface area contributed by atoms with Gasteiger partial charge in [0.1, 0.15) is 0 Å². The van der Waals surface area contributed by atoms with Gasteiger partial charge in [0.2, 0.25) is 0 Å². The van der Waals surface area contributed by atoms with E-state index in [1.165, 1.54) is 23.8 Å². The Morgan fingerprint density at radius 1 is 1.13 bits per heavy atom. The van der Waals surface area contributed by atoms with Gasteiger partial charge in [0.05, 0.1) is 8.07 Å². The molecule has 0 amide bonds. The Kier molecular flexibility index (Phi) is 4.52. The number of pyridine rings is 1. The molecule has 1 heterocycles. The van der Waals surface area contributed by atoms with Crippen molar-refractivity contribution in [2.24, 2.45) is 0 Å². The maximum atomic E-state index is 4.52. The van der Waals surface area contributed by atoms with E-state index in [0.29, 0.717) is 5.54 Å². The van der Waals surface area contributed by atoms with Crippen molar-refractivity contribution in [2.75, 3.05) is 0 Å². The maximum absolute atomic E-state index is 4.52. The van der Waals surface area contributed by atoms with Crippen LogP contribution in [0, 0.1) is 0 Å². The van der Waals surface area contributed by atoms with Gasteiger partial charge in [-0.3, -0.25) is 4.98 Å². The lowest BCUT2D eigenvalue weighted by molar-refractivity contribution is 0.900. The largest absolute Gasteiger partial charge is 0.261 e. The zero-order valence-corrected chi connectivity index (χ0v) is 11.5. The Balaban J connectivity index is 2.95. The van der Waals surface area contributed by atoms with E-state index >= 15 is 0 Å². The molecule has 0 saturated heterocycles. The third-order valence-electron chi connectivity index (χ3n) is 4.16. The van der Waals surface area contributed by atoms with Crippen LogP contribution in [0.5, 0.6) is 0 Å². The van der Waals surface area contributed by atoms with Gasteiger partial charge in [-0.15, -0.1) is 0 Å². The summed E-state index contributed by atoms with van der Waals surface area (Å²) in [4.78, 5) is 4.52. The molecule has 0 bridgehead atoms. The molecule has 0 aliphatic rings. The molecule has 0 fully saturated rings. The Labute approximate surface area is 95.0 Å². The third kappa shape index (κ3) is 2.48. The Morgan fingerprint density at radius 2 is 1.73 bits per heavy atom. The first-order chi connectivity index (χ1) is 7.20. The van der Waals surface area contributed by atoms with Crippen molar-refractivity contribution in [3.05, 3.63) is 30.1 Å². The molecule has 1 rings (SSSR count). The van der Waals surface area contributed by atoms with Crippen LogP contribution in [0.15, 0.2) is 24.4 Å². The fourth-order valence-corrected chi connectivity index (χ4v) is 6.75. The average molecular weight is 221 g/mol. The minimum absolute atomic E-state index is 0.693. The van der Waals surface area contributed by atoms with Gasteiger partial charge in [-0.05, 0) is 17.7 Å². The first kappa shape index (κ1) is 12.4. The Bertz CT molecular complexity index is 272. The van der Waals surface area contributed by atoms with Crippen LogP contribution in [-0.4, -0.2) is 13.1 Å². The highest BCUT2D eigenvalue weighted by Crippen LogP contribution is 2.34. The van der Waals surface area contributed by atoms with Gasteiger partial charge in [-0.25, -0.2) is 0 Å². The summed E-state index contributed by atoms with van der Waals surface area (Å²) in [5, 5.41) is 0. The summed E-state index contributed by atoms with van der Waals surface area (Å²) in [7, 11) is -1.12. The van der Waals surface area contributed by atoms with E-state index in [-0.39, 0.29) is 0 Å². The number of hydrogen-bond donors (Lipinski definition) is 0. The van der Waals surface area contributed by atoms with Crippen molar-refractivity contribution >= 4 is 8.07 Å². The summed E-state index contributed by atoms with van der Waals surface area (Å²) >= 11 is 0. The van der Waals surface area contributed by atoms with Crippen LogP contribution < -0.4 is 0 Å². The molecule has 0 N–H and O–H groups in total. The van der Waals surface area contributed by atoms with Crippen LogP contribution in [0.1, 0.15) is 38.9 Å². The van der Waals surface area contributed by atoms with Crippen molar-refractivity contribution in [3.8, 4) is 0 Å². The first-order valence-corrected chi connectivity index (χ1v) is 8.81. The highest BCUT2D eigenvalue weighted by atomic mass is 28.3. The molecule has 0 radical (unpaired) electrons. The minimum atomic E-state index is -1.12. The van der Waals surface area contributed by atoms with Gasteiger partial charge in [0, 0.05) is 11.9 Å². The molecule has 0 aliphatic carbocycles. The number of nitrogens with zero attached hydrogens (tertiary/aromatic N) is 1. The fraction of sp³-hybridized carbons (Fsp3) is 0.615. The molecule has 0 aliphatic heterocycles. The SMILES string of the molecule is CC[Si](CC)(CC)C(C)c1ccccn1. The molecule has 0 saturated carbocycles. The molecule has 2 heteroatoms. The van der Waals surface area contributed by atoms with E-state index in [1.54, 1.807) is 0 Å². The second-order valence-corrected chi connectivity index (χ2v) is 10.1. The first-order valence-electron chi connectivity index (χ1n) is 6.11. The molecular weight excluding hydrogens is 198 g/mol. The topological polar surface area (TPSA) is 12.9 Å². The molecular formula is C13H23NSi. The second-order valence-electron chi connectivity index (χ2n) is 4.40. The molecule has 1 aromatic rings. The third-order valence-corrected chi connectivity index (χ3v) is 10.5. The van der Waals surface area contributed by atoms with E-state index in [0.717, 1.165) is 0 Å². The monoisotopic (exact) mass is 221 g/mol. The highest BCUT2D eigenvalue weighted by molar-refractivity contribution is 6.80. The van der Waals surface area contributed by atoms with Crippen LogP contribution in [0.25, 0.3) is 0 Å². The molecule has 15 heavy (non-hydrogen) atoms. The van der Waals surface area contributed by atoms with Gasteiger partial charge in [-0.1, -0.05) is 51.9 Å². The molecule has 0 spiro atoms. The van der Waals surface area contributed by atoms with E-state index < -0.39 is 8.07 Å². The van der Waals surface area contributed by atoms with Gasteiger partial charge in [0.25, 0.3) is 0 Å². The summed E-state index contributed by atoms with van der Waals surface area (Å²) in [6.45, 7) is 9.46. The lowest BCUT2D eigenvalue weighted by Crippen LogP contribution is -2.38. The number of hydrogen-bond acceptors (Lipinski definition) is 1. The summed E-state index contributed by atoms with van der Waals surface area (Å²) in [5.74, 6) is 0. The number of aromatic nitrogens is 1. The normalized spacial score (nSPS) is 13.9. The lowest BCUT2D eigenvalue weighted by atomic mass is 10.3. The van der Waals surface area contributed by atoms with E-state index in [2.05, 4.69) is 44.8 Å². The molecule has 84 valence electrons. The Hall–Kier alpha value is -0.633. The van der Waals surface area contributed by atoms with E-state index in [4.69, 9.17) is 0 Å². The zero-order valence-electron chi connectivity index (χ0n) is 10.5. The van der Waals surface area contributed by atoms with Crippen LogP contribution in [0.4, 0.5) is 0 Å². The average Bonchev–Trinajstić information content (AvgIpc) is 2.33. The predicted molar refractivity (Wildman–Crippen MR) is 69.8 cm³/mol. The molecule has 1 aromatic heterocycles. The van der Waals surface area contributed by atoms with Crippen molar-refractivity contribution < 1.29 is 0 Å². The number of rotatable bonds is 5. The minimum Gasteiger partial charge on any atom is -0.261 e. The van der Waals surface area contributed by atoms with Crippen molar-refractivity contribution in [2.45, 2.75) is 51.4 Å². The maximum Gasteiger partial charge on any atom is 0.0621 e. The summed E-state index contributed by atoms with van der Waals surface area (Å²) in [5.41, 5.74) is 1.99. The smallest absolute Gasteiger partial charge is 0.0621 e. The predicted octanol–water partition coefficient (Wildman–Crippen LogP) is 4.23. The summed E-state index contributed by atoms with van der Waals surface area (Å²) < 4.78 is 0. The van der Waals surface area contributed by atoms with Gasteiger partial charge in [0.15, 0.2) is 0 Å². The van der Waals surface area contributed by atoms with Crippen LogP contribution in [0.2, 0.25) is 18.1 Å². The van der Waals surface area contributed by atoms with Crippen molar-refractivity contribution in [1.29, 1.82) is 0 Å². The van der Waals surface area contributed by atoms with Crippen LogP contribution in [-0.2, 0) is 0 Å². The summed E-state index contributed by atoms with van der Waals surface area (Å²) in [6, 6.07) is 10.4. The molecule has 0 aromatic carbocycles. The van der Waals surface area contributed by atoms with Gasteiger partial charge < -0.3 is 0 Å². The molecule has 1 unspecified atom stereocenters. The summed E-state index contributed by atoms with van der Waals surface area (Å²) in [6.07, 6.45) is 1.92. The molecule has 1 nitrogen and oxygen atoms in total. The van der Waals surface area contributed by atoms with E-state index in [1.807, 2.05) is 12.3 Å². The van der Waals surface area contributed by atoms with E-state index in [9.17, 15) is 0 Å².